The number of rotatable bonds is 5. The Hall–Kier alpha value is -3.13. The number of nitro groups is 1. The lowest BCUT2D eigenvalue weighted by Gasteiger charge is -2.18. The van der Waals surface area contributed by atoms with Crippen molar-refractivity contribution in [2.75, 3.05) is 18.0 Å². The lowest BCUT2D eigenvalue weighted by molar-refractivity contribution is -0.384. The third-order valence-corrected chi connectivity index (χ3v) is 3.32. The number of carboxylic acid groups (broad SMARTS) is 1. The maximum atomic E-state index is 12.0. The van der Waals surface area contributed by atoms with Gasteiger partial charge < -0.3 is 10.0 Å². The number of hydrogen-bond donors (Lipinski definition) is 1. The number of carboxylic acids is 1. The molecule has 22 heavy (non-hydrogen) atoms. The van der Waals surface area contributed by atoms with E-state index in [0.717, 1.165) is 12.1 Å². The van der Waals surface area contributed by atoms with Crippen LogP contribution in [0.2, 0.25) is 0 Å². The Kier molecular flexibility index (Phi) is 4.23. The molecule has 0 radical (unpaired) electrons. The summed E-state index contributed by atoms with van der Waals surface area (Å²) >= 11 is 0. The smallest absolute Gasteiger partial charge is 0.338 e. The molecule has 1 N–H and O–H groups in total. The minimum atomic E-state index is -1.36. The van der Waals surface area contributed by atoms with E-state index in [1.807, 2.05) is 0 Å². The first-order valence-corrected chi connectivity index (χ1v) is 6.27. The van der Waals surface area contributed by atoms with Crippen molar-refractivity contribution in [1.29, 1.82) is 0 Å². The normalized spacial score (nSPS) is 17.2. The molecule has 0 spiro atoms. The molecule has 1 atom stereocenters. The van der Waals surface area contributed by atoms with Crippen LogP contribution in [0.1, 0.15) is 16.8 Å². The van der Waals surface area contributed by atoms with Crippen molar-refractivity contribution in [2.24, 2.45) is 11.0 Å². The number of nitro benzene ring substituents is 1. The van der Waals surface area contributed by atoms with Crippen LogP contribution >= 0.6 is 0 Å². The molecule has 0 aromatic heterocycles. The van der Waals surface area contributed by atoms with Crippen molar-refractivity contribution in [3.63, 3.8) is 0 Å². The second kappa shape index (κ2) is 6.10. The van der Waals surface area contributed by atoms with Gasteiger partial charge in [0.2, 0.25) is 5.91 Å². The van der Waals surface area contributed by atoms with Gasteiger partial charge in [-0.3, -0.25) is 14.9 Å². The summed E-state index contributed by atoms with van der Waals surface area (Å²) in [6, 6.07) is 3.32. The number of amides is 1. The van der Waals surface area contributed by atoms with E-state index in [9.17, 15) is 24.8 Å². The number of non-ortho nitro benzene ring substituents is 1. The highest BCUT2D eigenvalue weighted by Gasteiger charge is 2.33. The second-order valence-electron chi connectivity index (χ2n) is 4.75. The molecule has 114 valence electrons. The Morgan fingerprint density at radius 1 is 1.59 bits per heavy atom. The van der Waals surface area contributed by atoms with Crippen LogP contribution in [0.3, 0.4) is 0 Å². The highest BCUT2D eigenvalue weighted by Crippen LogP contribution is 2.31. The molecular formula is C12H11N5O5. The molecule has 1 aliphatic heterocycles. The van der Waals surface area contributed by atoms with Gasteiger partial charge >= 0.3 is 5.97 Å². The lowest BCUT2D eigenvalue weighted by Crippen LogP contribution is -2.26. The zero-order valence-corrected chi connectivity index (χ0v) is 11.2. The van der Waals surface area contributed by atoms with Crippen LogP contribution < -0.4 is 4.90 Å². The van der Waals surface area contributed by atoms with Gasteiger partial charge in [-0.05, 0) is 17.5 Å². The van der Waals surface area contributed by atoms with Crippen molar-refractivity contribution < 1.29 is 19.6 Å². The first-order valence-electron chi connectivity index (χ1n) is 6.27. The van der Waals surface area contributed by atoms with Crippen LogP contribution in [0.25, 0.3) is 10.4 Å². The minimum Gasteiger partial charge on any atom is -0.478 e. The fourth-order valence-electron chi connectivity index (χ4n) is 2.33. The van der Waals surface area contributed by atoms with Crippen molar-refractivity contribution in [3.8, 4) is 0 Å². The third kappa shape index (κ3) is 2.96. The van der Waals surface area contributed by atoms with Gasteiger partial charge in [-0.15, -0.1) is 0 Å². The van der Waals surface area contributed by atoms with E-state index in [1.165, 1.54) is 11.0 Å². The molecule has 1 aromatic rings. The zero-order chi connectivity index (χ0) is 16.3. The first-order chi connectivity index (χ1) is 10.4. The molecule has 1 aliphatic rings. The molecule has 0 bridgehead atoms. The summed E-state index contributed by atoms with van der Waals surface area (Å²) in [4.78, 5) is 37.2. The van der Waals surface area contributed by atoms with E-state index >= 15 is 0 Å². The van der Waals surface area contributed by atoms with Gasteiger partial charge in [0, 0.05) is 36.6 Å². The van der Waals surface area contributed by atoms with Gasteiger partial charge in [-0.2, -0.15) is 0 Å². The van der Waals surface area contributed by atoms with Crippen molar-refractivity contribution >= 4 is 23.3 Å². The van der Waals surface area contributed by atoms with E-state index in [1.54, 1.807) is 0 Å². The summed E-state index contributed by atoms with van der Waals surface area (Å²) in [7, 11) is 0. The minimum absolute atomic E-state index is 0.103. The van der Waals surface area contributed by atoms with Gasteiger partial charge in [-0.25, -0.2) is 4.79 Å². The SMILES string of the molecule is [N-]=[N+]=NCC1CC(=O)N(c2ccc([N+](=O)[O-])cc2C(=O)O)C1. The summed E-state index contributed by atoms with van der Waals surface area (Å²) in [5.74, 6) is -1.88. The van der Waals surface area contributed by atoms with Gasteiger partial charge in [0.25, 0.3) is 5.69 Å². The highest BCUT2D eigenvalue weighted by atomic mass is 16.6. The molecule has 0 saturated carbocycles. The number of anilines is 1. The Bertz CT molecular complexity index is 697. The Morgan fingerprint density at radius 3 is 2.91 bits per heavy atom. The molecule has 1 amide bonds. The van der Waals surface area contributed by atoms with Crippen molar-refractivity contribution in [2.45, 2.75) is 6.42 Å². The van der Waals surface area contributed by atoms with Crippen molar-refractivity contribution in [1.82, 2.24) is 0 Å². The quantitative estimate of drug-likeness (QED) is 0.290. The molecule has 10 heteroatoms. The first kappa shape index (κ1) is 15.3. The maximum absolute atomic E-state index is 12.0. The molecular weight excluding hydrogens is 294 g/mol. The number of hydrogen-bond acceptors (Lipinski definition) is 5. The number of aromatic carboxylic acids is 1. The standard InChI is InChI=1S/C12H11N5O5/c13-15-14-5-7-3-11(18)16(6-7)10-2-1-8(17(21)22)4-9(10)12(19)20/h1-2,4,7H,3,5-6H2,(H,19,20). The number of azide groups is 1. The summed E-state index contributed by atoms with van der Waals surface area (Å²) in [5.41, 5.74) is 7.72. The molecule has 1 fully saturated rings. The van der Waals surface area contributed by atoms with Crippen LogP contribution in [-0.2, 0) is 4.79 Å². The number of nitrogens with zero attached hydrogens (tertiary/aromatic N) is 5. The maximum Gasteiger partial charge on any atom is 0.338 e. The molecule has 0 aliphatic carbocycles. The monoisotopic (exact) mass is 305 g/mol. The van der Waals surface area contributed by atoms with E-state index < -0.39 is 10.9 Å². The Balaban J connectivity index is 2.35. The highest BCUT2D eigenvalue weighted by molar-refractivity contribution is 6.03. The molecule has 2 rings (SSSR count). The van der Waals surface area contributed by atoms with Gasteiger partial charge in [0.1, 0.15) is 0 Å². The van der Waals surface area contributed by atoms with E-state index in [2.05, 4.69) is 10.0 Å². The lowest BCUT2D eigenvalue weighted by atomic mass is 10.1. The predicted octanol–water partition coefficient (Wildman–Crippen LogP) is 1.96. The van der Waals surface area contributed by atoms with E-state index in [4.69, 9.17) is 5.53 Å². The third-order valence-electron chi connectivity index (χ3n) is 3.32. The van der Waals surface area contributed by atoms with E-state index in [0.29, 0.717) is 0 Å². The van der Waals surface area contributed by atoms with Gasteiger partial charge in [0.05, 0.1) is 16.2 Å². The average molecular weight is 305 g/mol. The summed E-state index contributed by atoms with van der Waals surface area (Å²) < 4.78 is 0. The largest absolute Gasteiger partial charge is 0.478 e. The van der Waals surface area contributed by atoms with Crippen LogP contribution in [0, 0.1) is 16.0 Å². The fourth-order valence-corrected chi connectivity index (χ4v) is 2.33. The fraction of sp³-hybridized carbons (Fsp3) is 0.333. The molecule has 1 aromatic carbocycles. The van der Waals surface area contributed by atoms with Crippen molar-refractivity contribution in [3.05, 3.63) is 44.3 Å². The van der Waals surface area contributed by atoms with E-state index in [-0.39, 0.29) is 48.3 Å². The number of carbonyl (C=O) groups excluding carboxylic acids is 1. The second-order valence-corrected chi connectivity index (χ2v) is 4.75. The van der Waals surface area contributed by atoms with Crippen LogP contribution in [0.5, 0.6) is 0 Å². The van der Waals surface area contributed by atoms with Crippen LogP contribution in [0.4, 0.5) is 11.4 Å². The number of benzene rings is 1. The topological polar surface area (TPSA) is 150 Å². The Labute approximate surface area is 123 Å². The summed E-state index contributed by atoms with van der Waals surface area (Å²) in [6.45, 7) is 0.337. The summed E-state index contributed by atoms with van der Waals surface area (Å²) in [6.07, 6.45) is 0.134. The van der Waals surface area contributed by atoms with Gasteiger partial charge in [0.15, 0.2) is 0 Å². The molecule has 10 nitrogen and oxygen atoms in total. The Morgan fingerprint density at radius 2 is 2.32 bits per heavy atom. The van der Waals surface area contributed by atoms with Crippen LogP contribution in [0.15, 0.2) is 23.3 Å². The predicted molar refractivity (Wildman–Crippen MR) is 74.5 cm³/mol. The summed E-state index contributed by atoms with van der Waals surface area (Å²) in [5, 5.41) is 23.3. The van der Waals surface area contributed by atoms with Crippen LogP contribution in [-0.4, -0.2) is 35.0 Å². The molecule has 1 unspecified atom stereocenters. The zero-order valence-electron chi connectivity index (χ0n) is 11.2. The molecule has 1 saturated heterocycles. The molecule has 1 heterocycles. The van der Waals surface area contributed by atoms with Gasteiger partial charge in [-0.1, -0.05) is 5.11 Å². The average Bonchev–Trinajstić information content (AvgIpc) is 2.85. The number of carbonyl (C=O) groups is 2.